The molecule has 0 heterocycles. The number of rotatable bonds is 9. The fourth-order valence-corrected chi connectivity index (χ4v) is 3.40. The summed E-state index contributed by atoms with van der Waals surface area (Å²) in [7, 11) is 0. The van der Waals surface area contributed by atoms with Crippen LogP contribution in [-0.4, -0.2) is 29.3 Å². The van der Waals surface area contributed by atoms with Crippen LogP contribution in [0.2, 0.25) is 5.02 Å². The summed E-state index contributed by atoms with van der Waals surface area (Å²) in [5, 5.41) is 3.56. The first-order valence-electron chi connectivity index (χ1n) is 9.46. The van der Waals surface area contributed by atoms with E-state index in [0.29, 0.717) is 18.1 Å². The minimum atomic E-state index is -0.560. The van der Waals surface area contributed by atoms with Crippen molar-refractivity contribution in [2.75, 3.05) is 6.54 Å². The van der Waals surface area contributed by atoms with E-state index in [0.717, 1.165) is 28.4 Å². The SMILES string of the molecule is CCCCNC(=O)C(C)N(Cc1cccc(Br)c1)C(=O)Cc1ccc(Cl)cc1. The molecule has 1 atom stereocenters. The molecule has 0 fully saturated rings. The molecule has 150 valence electrons. The zero-order chi connectivity index (χ0) is 20.5. The van der Waals surface area contributed by atoms with Crippen LogP contribution in [0.25, 0.3) is 0 Å². The van der Waals surface area contributed by atoms with E-state index >= 15 is 0 Å². The Labute approximate surface area is 180 Å². The van der Waals surface area contributed by atoms with Crippen LogP contribution in [0.15, 0.2) is 53.0 Å². The molecule has 0 spiro atoms. The second kappa shape index (κ2) is 11.2. The van der Waals surface area contributed by atoms with Crippen LogP contribution in [0.5, 0.6) is 0 Å². The van der Waals surface area contributed by atoms with Gasteiger partial charge in [-0.25, -0.2) is 0 Å². The van der Waals surface area contributed by atoms with Crippen LogP contribution >= 0.6 is 27.5 Å². The molecule has 2 rings (SSSR count). The van der Waals surface area contributed by atoms with Crippen LogP contribution in [0.3, 0.4) is 0 Å². The van der Waals surface area contributed by atoms with Crippen molar-refractivity contribution in [2.24, 2.45) is 0 Å². The fraction of sp³-hybridized carbons (Fsp3) is 0.364. The van der Waals surface area contributed by atoms with Gasteiger partial charge < -0.3 is 10.2 Å². The molecule has 0 aliphatic heterocycles. The lowest BCUT2D eigenvalue weighted by Crippen LogP contribution is -2.48. The number of hydrogen-bond donors (Lipinski definition) is 1. The van der Waals surface area contributed by atoms with Gasteiger partial charge in [-0.15, -0.1) is 0 Å². The largest absolute Gasteiger partial charge is 0.354 e. The van der Waals surface area contributed by atoms with Gasteiger partial charge in [0.25, 0.3) is 0 Å². The minimum Gasteiger partial charge on any atom is -0.354 e. The van der Waals surface area contributed by atoms with Crippen molar-refractivity contribution in [3.63, 3.8) is 0 Å². The van der Waals surface area contributed by atoms with E-state index in [1.807, 2.05) is 36.4 Å². The van der Waals surface area contributed by atoms with Crippen molar-refractivity contribution in [3.8, 4) is 0 Å². The van der Waals surface area contributed by atoms with Crippen LogP contribution < -0.4 is 5.32 Å². The van der Waals surface area contributed by atoms with Crippen molar-refractivity contribution in [3.05, 3.63) is 69.2 Å². The summed E-state index contributed by atoms with van der Waals surface area (Å²) < 4.78 is 0.940. The van der Waals surface area contributed by atoms with Crippen molar-refractivity contribution in [2.45, 2.75) is 45.7 Å². The molecule has 2 aromatic rings. The number of nitrogens with zero attached hydrogens (tertiary/aromatic N) is 1. The number of unbranched alkanes of at least 4 members (excludes halogenated alkanes) is 1. The maximum atomic E-state index is 13.1. The van der Waals surface area contributed by atoms with Crippen molar-refractivity contribution < 1.29 is 9.59 Å². The Balaban J connectivity index is 2.17. The Kier molecular flexibility index (Phi) is 9.00. The molecule has 6 heteroatoms. The number of benzene rings is 2. The zero-order valence-corrected chi connectivity index (χ0v) is 18.6. The van der Waals surface area contributed by atoms with E-state index in [2.05, 4.69) is 28.2 Å². The van der Waals surface area contributed by atoms with E-state index in [1.54, 1.807) is 24.0 Å². The molecule has 0 aliphatic carbocycles. The third-order valence-corrected chi connectivity index (χ3v) is 5.25. The monoisotopic (exact) mass is 464 g/mol. The lowest BCUT2D eigenvalue weighted by Gasteiger charge is -2.29. The predicted molar refractivity (Wildman–Crippen MR) is 117 cm³/mol. The standard InChI is InChI=1S/C22H26BrClN2O2/c1-3-4-12-25-22(28)16(2)26(15-18-6-5-7-19(23)13-18)21(27)14-17-8-10-20(24)11-9-17/h5-11,13,16H,3-4,12,14-15H2,1-2H3,(H,25,28). The number of halogens is 2. The van der Waals surface area contributed by atoms with Gasteiger partial charge in [-0.2, -0.15) is 0 Å². The van der Waals surface area contributed by atoms with Gasteiger partial charge in [0.1, 0.15) is 6.04 Å². The lowest BCUT2D eigenvalue weighted by molar-refractivity contribution is -0.140. The molecule has 0 saturated heterocycles. The van der Waals surface area contributed by atoms with Crippen LogP contribution in [-0.2, 0) is 22.6 Å². The quantitative estimate of drug-likeness (QED) is 0.531. The molecular formula is C22H26BrClN2O2. The summed E-state index contributed by atoms with van der Waals surface area (Å²) in [6.07, 6.45) is 2.15. The highest BCUT2D eigenvalue weighted by molar-refractivity contribution is 9.10. The average Bonchev–Trinajstić information content (AvgIpc) is 2.67. The topological polar surface area (TPSA) is 49.4 Å². The summed E-state index contributed by atoms with van der Waals surface area (Å²) in [5.74, 6) is -0.228. The first-order chi connectivity index (χ1) is 13.4. The third-order valence-electron chi connectivity index (χ3n) is 4.51. The molecule has 0 aromatic heterocycles. The van der Waals surface area contributed by atoms with Gasteiger partial charge >= 0.3 is 0 Å². The third kappa shape index (κ3) is 6.95. The second-order valence-corrected chi connectivity index (χ2v) is 8.13. The van der Waals surface area contributed by atoms with E-state index in [-0.39, 0.29) is 18.2 Å². The van der Waals surface area contributed by atoms with Gasteiger partial charge in [0.2, 0.25) is 11.8 Å². The Morgan fingerprint density at radius 2 is 1.86 bits per heavy atom. The van der Waals surface area contributed by atoms with Gasteiger partial charge in [0.15, 0.2) is 0 Å². The van der Waals surface area contributed by atoms with Crippen LogP contribution in [0.4, 0.5) is 0 Å². The maximum absolute atomic E-state index is 13.1. The summed E-state index contributed by atoms with van der Waals surface area (Å²) in [4.78, 5) is 27.3. The van der Waals surface area contributed by atoms with E-state index in [4.69, 9.17) is 11.6 Å². The van der Waals surface area contributed by atoms with E-state index in [9.17, 15) is 9.59 Å². The molecule has 0 saturated carbocycles. The molecule has 2 amide bonds. The molecule has 1 unspecified atom stereocenters. The second-order valence-electron chi connectivity index (χ2n) is 6.78. The molecule has 0 bridgehead atoms. The number of amides is 2. The Morgan fingerprint density at radius 3 is 2.50 bits per heavy atom. The van der Waals surface area contributed by atoms with Crippen molar-refractivity contribution in [1.82, 2.24) is 10.2 Å². The smallest absolute Gasteiger partial charge is 0.242 e. The van der Waals surface area contributed by atoms with Crippen molar-refractivity contribution >= 4 is 39.3 Å². The van der Waals surface area contributed by atoms with Crippen LogP contribution in [0.1, 0.15) is 37.8 Å². The highest BCUT2D eigenvalue weighted by Gasteiger charge is 2.26. The summed E-state index contributed by atoms with van der Waals surface area (Å²) in [6, 6.07) is 14.4. The first kappa shape index (κ1) is 22.4. The number of nitrogens with one attached hydrogen (secondary N) is 1. The van der Waals surface area contributed by atoms with E-state index < -0.39 is 6.04 Å². The molecule has 1 N–H and O–H groups in total. The zero-order valence-electron chi connectivity index (χ0n) is 16.3. The average molecular weight is 466 g/mol. The molecule has 4 nitrogen and oxygen atoms in total. The molecule has 2 aromatic carbocycles. The molecule has 0 radical (unpaired) electrons. The van der Waals surface area contributed by atoms with Crippen molar-refractivity contribution in [1.29, 1.82) is 0 Å². The number of hydrogen-bond acceptors (Lipinski definition) is 2. The molecular weight excluding hydrogens is 440 g/mol. The molecule has 0 aliphatic rings. The van der Waals surface area contributed by atoms with Gasteiger partial charge in [-0.3, -0.25) is 9.59 Å². The highest BCUT2D eigenvalue weighted by atomic mass is 79.9. The highest BCUT2D eigenvalue weighted by Crippen LogP contribution is 2.17. The fourth-order valence-electron chi connectivity index (χ4n) is 2.83. The van der Waals surface area contributed by atoms with Crippen LogP contribution in [0, 0.1) is 0 Å². The Morgan fingerprint density at radius 1 is 1.14 bits per heavy atom. The summed E-state index contributed by atoms with van der Waals surface area (Å²) in [6.45, 7) is 4.84. The van der Waals surface area contributed by atoms with Gasteiger partial charge in [-0.05, 0) is 48.7 Å². The number of carbonyl (C=O) groups excluding carboxylic acids is 2. The summed E-state index contributed by atoms with van der Waals surface area (Å²) >= 11 is 9.40. The van der Waals surface area contributed by atoms with Gasteiger partial charge in [-0.1, -0.05) is 65.1 Å². The number of carbonyl (C=O) groups is 2. The summed E-state index contributed by atoms with van der Waals surface area (Å²) in [5.41, 5.74) is 1.83. The van der Waals surface area contributed by atoms with Gasteiger partial charge in [0, 0.05) is 22.6 Å². The lowest BCUT2D eigenvalue weighted by atomic mass is 10.1. The Bertz CT molecular complexity index is 795. The predicted octanol–water partition coefficient (Wildman–Crippen LogP) is 4.98. The van der Waals surface area contributed by atoms with Gasteiger partial charge in [0.05, 0.1) is 6.42 Å². The minimum absolute atomic E-state index is 0.0968. The molecule has 28 heavy (non-hydrogen) atoms. The normalized spacial score (nSPS) is 11.7. The van der Waals surface area contributed by atoms with E-state index in [1.165, 1.54) is 0 Å². The maximum Gasteiger partial charge on any atom is 0.242 e. The first-order valence-corrected chi connectivity index (χ1v) is 10.6. The Hall–Kier alpha value is -1.85.